The summed E-state index contributed by atoms with van der Waals surface area (Å²) in [6, 6.07) is 6.42. The molecule has 0 aliphatic rings. The predicted octanol–water partition coefficient (Wildman–Crippen LogP) is 1.49. The van der Waals surface area contributed by atoms with E-state index < -0.39 is 12.0 Å². The maximum atomic E-state index is 11.9. The average molecular weight is 285 g/mol. The Labute approximate surface area is 117 Å². The first-order chi connectivity index (χ1) is 8.91. The maximum absolute atomic E-state index is 11.9. The quantitative estimate of drug-likeness (QED) is 0.829. The number of benzene rings is 1. The van der Waals surface area contributed by atoms with Crippen LogP contribution in [0.15, 0.2) is 24.3 Å². The van der Waals surface area contributed by atoms with E-state index in [0.717, 1.165) is 5.56 Å². The molecule has 1 aromatic rings. The van der Waals surface area contributed by atoms with E-state index >= 15 is 0 Å². The van der Waals surface area contributed by atoms with Crippen LogP contribution in [-0.4, -0.2) is 35.0 Å². The van der Waals surface area contributed by atoms with E-state index in [1.54, 1.807) is 13.1 Å². The van der Waals surface area contributed by atoms with Gasteiger partial charge in [-0.1, -0.05) is 29.8 Å². The van der Waals surface area contributed by atoms with Crippen molar-refractivity contribution in [3.8, 4) is 0 Å². The molecule has 0 aromatic heterocycles. The second-order valence-electron chi connectivity index (χ2n) is 4.32. The van der Waals surface area contributed by atoms with Crippen molar-refractivity contribution in [1.82, 2.24) is 4.90 Å². The third-order valence-electron chi connectivity index (χ3n) is 2.73. The zero-order chi connectivity index (χ0) is 14.4. The lowest BCUT2D eigenvalue weighted by atomic mass is 10.1. The molecule has 0 radical (unpaired) electrons. The molecule has 1 amide bonds. The summed E-state index contributed by atoms with van der Waals surface area (Å²) in [6.45, 7) is 0.347. The molecule has 0 aliphatic carbocycles. The van der Waals surface area contributed by atoms with Crippen molar-refractivity contribution in [2.45, 2.75) is 25.4 Å². The third kappa shape index (κ3) is 4.89. The van der Waals surface area contributed by atoms with Crippen molar-refractivity contribution in [2.75, 3.05) is 7.05 Å². The van der Waals surface area contributed by atoms with Crippen LogP contribution in [0.2, 0.25) is 5.02 Å². The lowest BCUT2D eigenvalue weighted by molar-refractivity contribution is -0.137. The predicted molar refractivity (Wildman–Crippen MR) is 72.8 cm³/mol. The smallest absolute Gasteiger partial charge is 0.303 e. The van der Waals surface area contributed by atoms with Crippen molar-refractivity contribution in [2.24, 2.45) is 5.73 Å². The number of amides is 1. The molecule has 1 rings (SSSR count). The number of rotatable bonds is 6. The first-order valence-corrected chi connectivity index (χ1v) is 6.25. The number of carbonyl (C=O) groups excluding carboxylic acids is 1. The van der Waals surface area contributed by atoms with Gasteiger partial charge in [-0.2, -0.15) is 0 Å². The van der Waals surface area contributed by atoms with Crippen LogP contribution in [0.5, 0.6) is 0 Å². The molecule has 5 nitrogen and oxygen atoms in total. The van der Waals surface area contributed by atoms with E-state index in [-0.39, 0.29) is 18.7 Å². The SMILES string of the molecule is CN(Cc1ccccc1Cl)C(=O)C(N)CCC(=O)O. The topological polar surface area (TPSA) is 83.6 Å². The van der Waals surface area contributed by atoms with Crippen LogP contribution in [0, 0.1) is 0 Å². The van der Waals surface area contributed by atoms with Crippen molar-refractivity contribution in [3.05, 3.63) is 34.9 Å². The summed E-state index contributed by atoms with van der Waals surface area (Å²) < 4.78 is 0. The molecule has 0 spiro atoms. The van der Waals surface area contributed by atoms with E-state index in [1.165, 1.54) is 4.90 Å². The van der Waals surface area contributed by atoms with Crippen LogP contribution in [-0.2, 0) is 16.1 Å². The Kier molecular flexibility index (Phi) is 5.79. The fourth-order valence-corrected chi connectivity index (χ4v) is 1.84. The van der Waals surface area contributed by atoms with Crippen LogP contribution < -0.4 is 5.73 Å². The van der Waals surface area contributed by atoms with Gasteiger partial charge in [-0.15, -0.1) is 0 Å². The van der Waals surface area contributed by atoms with Gasteiger partial charge >= 0.3 is 5.97 Å². The molecule has 19 heavy (non-hydrogen) atoms. The lowest BCUT2D eigenvalue weighted by Crippen LogP contribution is -2.41. The molecule has 1 atom stereocenters. The molecular weight excluding hydrogens is 268 g/mol. The summed E-state index contributed by atoms with van der Waals surface area (Å²) in [7, 11) is 1.62. The van der Waals surface area contributed by atoms with Crippen LogP contribution in [0.4, 0.5) is 0 Å². The zero-order valence-electron chi connectivity index (χ0n) is 10.7. The number of carboxylic acid groups (broad SMARTS) is 1. The number of carbonyl (C=O) groups is 2. The number of nitrogens with zero attached hydrogens (tertiary/aromatic N) is 1. The minimum Gasteiger partial charge on any atom is -0.481 e. The summed E-state index contributed by atoms with van der Waals surface area (Å²) in [5, 5.41) is 9.14. The zero-order valence-corrected chi connectivity index (χ0v) is 11.4. The highest BCUT2D eigenvalue weighted by molar-refractivity contribution is 6.31. The van der Waals surface area contributed by atoms with Crippen LogP contribution in [0.25, 0.3) is 0 Å². The molecule has 104 valence electrons. The lowest BCUT2D eigenvalue weighted by Gasteiger charge is -2.21. The molecular formula is C13H17ClN2O3. The van der Waals surface area contributed by atoms with Gasteiger partial charge in [-0.3, -0.25) is 9.59 Å². The number of halogens is 1. The number of likely N-dealkylation sites (N-methyl/N-ethyl adjacent to an activating group) is 1. The molecule has 0 saturated heterocycles. The molecule has 0 heterocycles. The highest BCUT2D eigenvalue weighted by atomic mass is 35.5. The largest absolute Gasteiger partial charge is 0.481 e. The molecule has 6 heteroatoms. The van der Waals surface area contributed by atoms with Crippen molar-refractivity contribution >= 4 is 23.5 Å². The van der Waals surface area contributed by atoms with E-state index in [4.69, 9.17) is 22.4 Å². The molecule has 3 N–H and O–H groups in total. The van der Waals surface area contributed by atoms with Crippen molar-refractivity contribution < 1.29 is 14.7 Å². The Morgan fingerprint density at radius 1 is 1.42 bits per heavy atom. The van der Waals surface area contributed by atoms with Gasteiger partial charge in [0.1, 0.15) is 0 Å². The Morgan fingerprint density at radius 3 is 2.63 bits per heavy atom. The van der Waals surface area contributed by atoms with Crippen LogP contribution in [0.3, 0.4) is 0 Å². The average Bonchev–Trinajstić information content (AvgIpc) is 2.37. The summed E-state index contributed by atoms with van der Waals surface area (Å²) in [5.74, 6) is -1.25. The number of nitrogens with two attached hydrogens (primary N) is 1. The molecule has 0 fully saturated rings. The van der Waals surface area contributed by atoms with Gasteiger partial charge < -0.3 is 15.7 Å². The summed E-state index contributed by atoms with van der Waals surface area (Å²) >= 11 is 6.01. The molecule has 0 bridgehead atoms. The van der Waals surface area contributed by atoms with E-state index in [1.807, 2.05) is 18.2 Å². The first kappa shape index (κ1) is 15.5. The molecule has 1 aromatic carbocycles. The highest BCUT2D eigenvalue weighted by Gasteiger charge is 2.19. The normalized spacial score (nSPS) is 11.9. The summed E-state index contributed by atoms with van der Waals surface area (Å²) in [5.41, 5.74) is 6.50. The fraction of sp³-hybridized carbons (Fsp3) is 0.385. The highest BCUT2D eigenvalue weighted by Crippen LogP contribution is 2.16. The minimum atomic E-state index is -0.961. The number of carboxylic acids is 1. The van der Waals surface area contributed by atoms with Gasteiger partial charge in [-0.25, -0.2) is 0 Å². The third-order valence-corrected chi connectivity index (χ3v) is 3.10. The van der Waals surface area contributed by atoms with Gasteiger partial charge in [0.25, 0.3) is 0 Å². The van der Waals surface area contributed by atoms with Gasteiger partial charge in [0, 0.05) is 25.0 Å². The molecule has 0 saturated carbocycles. The number of hydrogen-bond donors (Lipinski definition) is 2. The minimum absolute atomic E-state index is 0.118. The second-order valence-corrected chi connectivity index (χ2v) is 4.73. The first-order valence-electron chi connectivity index (χ1n) is 5.87. The Balaban J connectivity index is 2.57. The van der Waals surface area contributed by atoms with Crippen LogP contribution in [0.1, 0.15) is 18.4 Å². The van der Waals surface area contributed by atoms with Crippen LogP contribution >= 0.6 is 11.6 Å². The second kappa shape index (κ2) is 7.11. The maximum Gasteiger partial charge on any atom is 0.303 e. The monoisotopic (exact) mass is 284 g/mol. The molecule has 0 aliphatic heterocycles. The Morgan fingerprint density at radius 2 is 2.05 bits per heavy atom. The van der Waals surface area contributed by atoms with Gasteiger partial charge in [-0.05, 0) is 18.1 Å². The Bertz CT molecular complexity index is 465. The van der Waals surface area contributed by atoms with Gasteiger partial charge in [0.15, 0.2) is 0 Å². The fourth-order valence-electron chi connectivity index (χ4n) is 1.65. The van der Waals surface area contributed by atoms with E-state index in [9.17, 15) is 9.59 Å². The summed E-state index contributed by atoms with van der Waals surface area (Å²) in [6.07, 6.45) is 0.00781. The molecule has 1 unspecified atom stereocenters. The van der Waals surface area contributed by atoms with E-state index in [2.05, 4.69) is 0 Å². The van der Waals surface area contributed by atoms with Gasteiger partial charge in [0.2, 0.25) is 5.91 Å². The van der Waals surface area contributed by atoms with E-state index in [0.29, 0.717) is 11.6 Å². The number of hydrogen-bond acceptors (Lipinski definition) is 3. The standard InChI is InChI=1S/C13H17ClN2O3/c1-16(8-9-4-2-3-5-10(9)14)13(19)11(15)6-7-12(17)18/h2-5,11H,6-8,15H2,1H3,(H,17,18). The van der Waals surface area contributed by atoms with Gasteiger partial charge in [0.05, 0.1) is 6.04 Å². The summed E-state index contributed by atoms with van der Waals surface area (Å²) in [4.78, 5) is 23.8. The van der Waals surface area contributed by atoms with Crippen molar-refractivity contribution in [1.29, 1.82) is 0 Å². The number of aliphatic carboxylic acids is 1. The van der Waals surface area contributed by atoms with Crippen molar-refractivity contribution in [3.63, 3.8) is 0 Å². The Hall–Kier alpha value is -1.59.